The van der Waals surface area contributed by atoms with Crippen molar-refractivity contribution in [3.63, 3.8) is 0 Å². The second-order valence-electron chi connectivity index (χ2n) is 4.65. The zero-order valence-electron chi connectivity index (χ0n) is 9.70. The second-order valence-corrected chi connectivity index (χ2v) is 4.99. The number of carbonyl (C=O) groups is 1. The Hall–Kier alpha value is -1.24. The highest BCUT2D eigenvalue weighted by atomic mass is 35.5. The molecule has 8 heteroatoms. The predicted octanol–water partition coefficient (Wildman–Crippen LogP) is 4.52. The summed E-state index contributed by atoms with van der Waals surface area (Å²) >= 11 is 5.30. The molecule has 0 amide bonds. The van der Waals surface area contributed by atoms with E-state index in [2.05, 4.69) is 0 Å². The molecule has 0 aliphatic heterocycles. The van der Waals surface area contributed by atoms with E-state index < -0.39 is 34.1 Å². The molecule has 1 nitrogen and oxygen atoms in total. The van der Waals surface area contributed by atoms with E-state index in [9.17, 15) is 31.1 Å². The van der Waals surface area contributed by atoms with Crippen molar-refractivity contribution in [3.8, 4) is 0 Å². The highest BCUT2D eigenvalue weighted by Gasteiger charge is 2.52. The van der Waals surface area contributed by atoms with Gasteiger partial charge < -0.3 is 0 Å². The molecule has 1 aromatic rings. The molecule has 0 unspecified atom stereocenters. The van der Waals surface area contributed by atoms with Gasteiger partial charge in [0.1, 0.15) is 0 Å². The largest absolute Gasteiger partial charge is 0.416 e. The number of benzene rings is 1. The zero-order chi connectivity index (χ0) is 15.3. The molecule has 0 radical (unpaired) electrons. The molecule has 0 saturated heterocycles. The molecule has 1 saturated carbocycles. The third-order valence-electron chi connectivity index (χ3n) is 3.27. The van der Waals surface area contributed by atoms with Gasteiger partial charge in [0.25, 0.3) is 0 Å². The number of rotatable bonds is 2. The van der Waals surface area contributed by atoms with Gasteiger partial charge in [-0.3, -0.25) is 4.79 Å². The van der Waals surface area contributed by atoms with Crippen LogP contribution in [-0.4, -0.2) is 5.24 Å². The maximum absolute atomic E-state index is 12.7. The Labute approximate surface area is 114 Å². The quantitative estimate of drug-likeness (QED) is 0.579. The van der Waals surface area contributed by atoms with Gasteiger partial charge in [0.15, 0.2) is 0 Å². The molecule has 110 valence electrons. The topological polar surface area (TPSA) is 17.1 Å². The molecule has 0 N–H and O–H groups in total. The molecular weight excluding hydrogens is 310 g/mol. The SMILES string of the molecule is O=C(Cl)C1(c2cc(C(F)(F)F)cc(C(F)(F)F)c2)CC1. The Morgan fingerprint density at radius 3 is 1.60 bits per heavy atom. The van der Waals surface area contributed by atoms with Gasteiger partial charge in [0.2, 0.25) is 5.24 Å². The first-order valence-corrected chi connectivity index (χ1v) is 5.84. The lowest BCUT2D eigenvalue weighted by molar-refractivity contribution is -0.143. The Balaban J connectivity index is 2.62. The van der Waals surface area contributed by atoms with Crippen molar-refractivity contribution in [2.24, 2.45) is 0 Å². The summed E-state index contributed by atoms with van der Waals surface area (Å²) in [5.41, 5.74) is -4.62. The van der Waals surface area contributed by atoms with Gasteiger partial charge >= 0.3 is 12.4 Å². The zero-order valence-corrected chi connectivity index (χ0v) is 10.5. The van der Waals surface area contributed by atoms with Crippen molar-refractivity contribution in [2.75, 3.05) is 0 Å². The van der Waals surface area contributed by atoms with Crippen LogP contribution in [0.3, 0.4) is 0 Å². The maximum atomic E-state index is 12.7. The average Bonchev–Trinajstić information content (AvgIpc) is 3.07. The molecule has 1 aliphatic rings. The van der Waals surface area contributed by atoms with Crippen LogP contribution >= 0.6 is 11.6 Å². The first-order chi connectivity index (χ1) is 8.97. The lowest BCUT2D eigenvalue weighted by Crippen LogP contribution is -2.19. The molecule has 1 fully saturated rings. The number of halogens is 7. The minimum Gasteiger partial charge on any atom is -0.280 e. The minimum atomic E-state index is -4.93. The van der Waals surface area contributed by atoms with Crippen molar-refractivity contribution < 1.29 is 31.1 Å². The lowest BCUT2D eigenvalue weighted by atomic mass is 9.93. The van der Waals surface area contributed by atoms with Gasteiger partial charge in [-0.25, -0.2) is 0 Å². The second kappa shape index (κ2) is 4.38. The maximum Gasteiger partial charge on any atom is 0.416 e. The lowest BCUT2D eigenvalue weighted by Gasteiger charge is -2.17. The summed E-state index contributed by atoms with van der Waals surface area (Å²) < 4.78 is 76.0. The van der Waals surface area contributed by atoms with Crippen LogP contribution in [0.5, 0.6) is 0 Å². The average molecular weight is 317 g/mol. The molecule has 0 spiro atoms. The van der Waals surface area contributed by atoms with Crippen LogP contribution in [0.1, 0.15) is 29.5 Å². The van der Waals surface area contributed by atoms with Crippen LogP contribution in [0.25, 0.3) is 0 Å². The van der Waals surface area contributed by atoms with E-state index in [-0.39, 0.29) is 24.5 Å². The van der Waals surface area contributed by atoms with Crippen molar-refractivity contribution in [1.82, 2.24) is 0 Å². The highest BCUT2D eigenvalue weighted by Crippen LogP contribution is 2.51. The van der Waals surface area contributed by atoms with Crippen LogP contribution in [0.2, 0.25) is 0 Å². The molecule has 2 rings (SSSR count). The van der Waals surface area contributed by atoms with E-state index >= 15 is 0 Å². The van der Waals surface area contributed by atoms with E-state index in [1.807, 2.05) is 0 Å². The van der Waals surface area contributed by atoms with Gasteiger partial charge in [0.05, 0.1) is 16.5 Å². The van der Waals surface area contributed by atoms with Crippen LogP contribution in [0.15, 0.2) is 18.2 Å². The van der Waals surface area contributed by atoms with E-state index in [1.54, 1.807) is 0 Å². The van der Waals surface area contributed by atoms with Gasteiger partial charge in [-0.1, -0.05) is 0 Å². The third kappa shape index (κ3) is 2.63. The summed E-state index contributed by atoms with van der Waals surface area (Å²) in [6.07, 6.45) is -9.56. The highest BCUT2D eigenvalue weighted by molar-refractivity contribution is 6.66. The van der Waals surface area contributed by atoms with Crippen LogP contribution < -0.4 is 0 Å². The molecule has 1 aromatic carbocycles. The molecule has 0 bridgehead atoms. The van der Waals surface area contributed by atoms with E-state index in [1.165, 1.54) is 0 Å². The summed E-state index contributed by atoms with van der Waals surface area (Å²) in [6.45, 7) is 0. The molecular formula is C12H7ClF6O. The summed E-state index contributed by atoms with van der Waals surface area (Å²) in [4.78, 5) is 11.3. The Morgan fingerprint density at radius 1 is 0.950 bits per heavy atom. The fourth-order valence-electron chi connectivity index (χ4n) is 1.95. The standard InChI is InChI=1S/C12H7ClF6O/c13-9(20)10(1-2-10)6-3-7(11(14,15)16)5-8(4-6)12(17,18)19/h3-5H,1-2H2. The predicted molar refractivity (Wildman–Crippen MR) is 58.2 cm³/mol. The number of hydrogen-bond acceptors (Lipinski definition) is 1. The Morgan fingerprint density at radius 2 is 1.35 bits per heavy atom. The Kier molecular flexibility index (Phi) is 3.32. The van der Waals surface area contributed by atoms with Crippen LogP contribution in [0.4, 0.5) is 26.3 Å². The summed E-state index contributed by atoms with van der Waals surface area (Å²) in [5.74, 6) is 0. The van der Waals surface area contributed by atoms with Gasteiger partial charge in [0, 0.05) is 0 Å². The van der Waals surface area contributed by atoms with Crippen molar-refractivity contribution in [1.29, 1.82) is 0 Å². The van der Waals surface area contributed by atoms with Crippen molar-refractivity contribution in [3.05, 3.63) is 34.9 Å². The summed E-state index contributed by atoms with van der Waals surface area (Å²) in [7, 11) is 0. The fraction of sp³-hybridized carbons (Fsp3) is 0.417. The molecule has 0 atom stereocenters. The first-order valence-electron chi connectivity index (χ1n) is 5.47. The monoisotopic (exact) mass is 316 g/mol. The van der Waals surface area contributed by atoms with Gasteiger partial charge in [-0.05, 0) is 48.2 Å². The van der Waals surface area contributed by atoms with E-state index in [4.69, 9.17) is 11.6 Å². The van der Waals surface area contributed by atoms with E-state index in [0.29, 0.717) is 12.1 Å². The molecule has 1 aliphatic carbocycles. The van der Waals surface area contributed by atoms with Crippen molar-refractivity contribution in [2.45, 2.75) is 30.6 Å². The van der Waals surface area contributed by atoms with Gasteiger partial charge in [-0.15, -0.1) is 0 Å². The molecule has 0 heterocycles. The fourth-order valence-corrected chi connectivity index (χ4v) is 2.25. The van der Waals surface area contributed by atoms with Crippen LogP contribution in [-0.2, 0) is 22.6 Å². The molecule has 20 heavy (non-hydrogen) atoms. The van der Waals surface area contributed by atoms with Gasteiger partial charge in [-0.2, -0.15) is 26.3 Å². The summed E-state index contributed by atoms with van der Waals surface area (Å²) in [5, 5.41) is -0.940. The number of hydrogen-bond donors (Lipinski definition) is 0. The third-order valence-corrected chi connectivity index (χ3v) is 3.63. The van der Waals surface area contributed by atoms with Crippen molar-refractivity contribution >= 4 is 16.8 Å². The molecule has 0 aromatic heterocycles. The number of carbonyl (C=O) groups excluding carboxylic acids is 1. The minimum absolute atomic E-state index is 0.0261. The normalized spacial score (nSPS) is 17.9. The summed E-state index contributed by atoms with van der Waals surface area (Å²) in [6, 6.07) is 1.14. The number of alkyl halides is 6. The van der Waals surface area contributed by atoms with E-state index in [0.717, 1.165) is 0 Å². The Bertz CT molecular complexity index is 524. The van der Waals surface area contributed by atoms with Crippen LogP contribution in [0, 0.1) is 0 Å². The first kappa shape index (κ1) is 15.2. The smallest absolute Gasteiger partial charge is 0.280 e.